The van der Waals surface area contributed by atoms with E-state index in [1.807, 2.05) is 0 Å². The lowest BCUT2D eigenvalue weighted by atomic mass is 10.1. The van der Waals surface area contributed by atoms with E-state index in [0.717, 1.165) is 12.1 Å². The minimum atomic E-state index is -4.77. The predicted molar refractivity (Wildman–Crippen MR) is 52.3 cm³/mol. The normalized spacial score (nSPS) is 12.5. The summed E-state index contributed by atoms with van der Waals surface area (Å²) in [6.07, 6.45) is -1.46. The van der Waals surface area contributed by atoms with Crippen molar-refractivity contribution in [2.45, 2.75) is 5.92 Å². The van der Waals surface area contributed by atoms with Crippen molar-refractivity contribution in [1.29, 1.82) is 0 Å². The molecule has 1 aromatic carbocycles. The van der Waals surface area contributed by atoms with Crippen molar-refractivity contribution in [3.63, 3.8) is 0 Å². The molecular weight excluding hydrogens is 241 g/mol. The third kappa shape index (κ3) is 3.20. The van der Waals surface area contributed by atoms with Crippen molar-refractivity contribution in [1.82, 2.24) is 0 Å². The van der Waals surface area contributed by atoms with Crippen LogP contribution < -0.4 is 0 Å². The van der Waals surface area contributed by atoms with Gasteiger partial charge in [-0.2, -0.15) is 8.78 Å². The lowest BCUT2D eigenvalue weighted by Gasteiger charge is -2.15. The number of alkyl halides is 2. The van der Waals surface area contributed by atoms with Gasteiger partial charge in [-0.15, -0.1) is 0 Å². The van der Waals surface area contributed by atoms with Crippen LogP contribution in [0.15, 0.2) is 30.3 Å². The Bertz CT molecular complexity index is 426. The summed E-state index contributed by atoms with van der Waals surface area (Å²) in [4.78, 5) is 27.9. The van der Waals surface area contributed by atoms with Crippen LogP contribution >= 0.6 is 7.60 Å². The maximum Gasteiger partial charge on any atom is 0.333 e. The third-order valence-corrected chi connectivity index (χ3v) is 2.54. The second-order valence-electron chi connectivity index (χ2n) is 3.19. The molecule has 0 saturated heterocycles. The molecule has 7 heteroatoms. The highest BCUT2D eigenvalue weighted by atomic mass is 31.2. The van der Waals surface area contributed by atoms with E-state index < -0.39 is 31.0 Å². The molecule has 0 saturated carbocycles. The molecule has 88 valence electrons. The molecule has 0 aliphatic rings. The Hall–Kier alpha value is -1.10. The Morgan fingerprint density at radius 2 is 1.75 bits per heavy atom. The number of carbonyl (C=O) groups is 1. The largest absolute Gasteiger partial charge is 0.333 e. The third-order valence-electron chi connectivity index (χ3n) is 1.84. The van der Waals surface area contributed by atoms with E-state index >= 15 is 0 Å². The van der Waals surface area contributed by atoms with Crippen LogP contribution in [0.4, 0.5) is 8.78 Å². The van der Waals surface area contributed by atoms with Crippen molar-refractivity contribution in [3.8, 4) is 0 Å². The molecule has 0 aromatic heterocycles. The van der Waals surface area contributed by atoms with Gasteiger partial charge in [0.2, 0.25) is 5.78 Å². The molecule has 4 nitrogen and oxygen atoms in total. The molecule has 16 heavy (non-hydrogen) atoms. The first-order chi connectivity index (χ1) is 7.23. The molecule has 2 N–H and O–H groups in total. The maximum absolute atomic E-state index is 13.4. The molecule has 0 unspecified atom stereocenters. The lowest BCUT2D eigenvalue weighted by molar-refractivity contribution is -0.141. The van der Waals surface area contributed by atoms with E-state index in [0.29, 0.717) is 0 Å². The second-order valence-corrected chi connectivity index (χ2v) is 4.83. The predicted octanol–water partition coefficient (Wildman–Crippen LogP) is 1.53. The van der Waals surface area contributed by atoms with Gasteiger partial charge in [0, 0.05) is 5.56 Å². The van der Waals surface area contributed by atoms with E-state index in [1.54, 1.807) is 0 Å². The van der Waals surface area contributed by atoms with E-state index in [4.69, 9.17) is 9.79 Å². The van der Waals surface area contributed by atoms with Crippen molar-refractivity contribution < 1.29 is 27.9 Å². The summed E-state index contributed by atoms with van der Waals surface area (Å²) in [5, 5.41) is 0. The zero-order valence-corrected chi connectivity index (χ0v) is 8.90. The van der Waals surface area contributed by atoms with Gasteiger partial charge in [-0.1, -0.05) is 30.3 Å². The van der Waals surface area contributed by atoms with Crippen LogP contribution in [-0.4, -0.2) is 21.7 Å². The zero-order chi connectivity index (χ0) is 12.4. The van der Waals surface area contributed by atoms with E-state index in [-0.39, 0.29) is 0 Å². The lowest BCUT2D eigenvalue weighted by Crippen LogP contribution is -2.28. The number of rotatable bonds is 4. The van der Waals surface area contributed by atoms with Crippen molar-refractivity contribution in [2.24, 2.45) is 0 Å². The SMILES string of the molecule is O=C(CP(=O)(O)O)C(F)(F)c1ccccc1. The Morgan fingerprint density at radius 3 is 2.19 bits per heavy atom. The van der Waals surface area contributed by atoms with Crippen LogP contribution in [0, 0.1) is 0 Å². The molecule has 0 radical (unpaired) electrons. The molecule has 0 fully saturated rings. The van der Waals surface area contributed by atoms with Crippen LogP contribution in [0.25, 0.3) is 0 Å². The minimum Gasteiger partial charge on any atom is -0.324 e. The average molecular weight is 250 g/mol. The van der Waals surface area contributed by atoms with Crippen molar-refractivity contribution >= 4 is 13.4 Å². The topological polar surface area (TPSA) is 74.6 Å². The Kier molecular flexibility index (Phi) is 3.57. The highest BCUT2D eigenvalue weighted by Gasteiger charge is 2.43. The number of carbonyl (C=O) groups excluding carboxylic acids is 1. The minimum absolute atomic E-state index is 0.576. The molecule has 0 bridgehead atoms. The fourth-order valence-corrected chi connectivity index (χ4v) is 1.67. The first-order valence-corrected chi connectivity index (χ1v) is 6.04. The van der Waals surface area contributed by atoms with Crippen LogP contribution in [-0.2, 0) is 15.3 Å². The van der Waals surface area contributed by atoms with E-state index in [9.17, 15) is 18.1 Å². The van der Waals surface area contributed by atoms with Crippen molar-refractivity contribution in [3.05, 3.63) is 35.9 Å². The van der Waals surface area contributed by atoms with Crippen LogP contribution in [0.1, 0.15) is 5.56 Å². The fourth-order valence-electron chi connectivity index (χ4n) is 1.09. The summed E-state index contributed by atoms with van der Waals surface area (Å²) in [5.74, 6) is -5.66. The summed E-state index contributed by atoms with van der Waals surface area (Å²) in [7, 11) is -4.77. The molecule has 1 aromatic rings. The van der Waals surface area contributed by atoms with Crippen molar-refractivity contribution in [2.75, 3.05) is 6.16 Å². The molecular formula is C9H9F2O4P. The monoisotopic (exact) mass is 250 g/mol. The molecule has 1 rings (SSSR count). The molecule has 0 aliphatic heterocycles. The molecule has 0 aliphatic carbocycles. The number of ketones is 1. The van der Waals surface area contributed by atoms with E-state index in [1.165, 1.54) is 18.2 Å². The summed E-state index contributed by atoms with van der Waals surface area (Å²) in [5.41, 5.74) is -0.576. The van der Waals surface area contributed by atoms with Crippen LogP contribution in [0.3, 0.4) is 0 Å². The van der Waals surface area contributed by atoms with E-state index in [2.05, 4.69) is 0 Å². The highest BCUT2D eigenvalue weighted by molar-refractivity contribution is 7.52. The fraction of sp³-hybridized carbons (Fsp3) is 0.222. The van der Waals surface area contributed by atoms with Gasteiger partial charge in [-0.25, -0.2) is 0 Å². The van der Waals surface area contributed by atoms with Gasteiger partial charge in [-0.3, -0.25) is 9.36 Å². The first kappa shape index (κ1) is 13.0. The average Bonchev–Trinajstić information content (AvgIpc) is 2.16. The van der Waals surface area contributed by atoms with Gasteiger partial charge >= 0.3 is 13.5 Å². The summed E-state index contributed by atoms with van der Waals surface area (Å²) >= 11 is 0. The summed E-state index contributed by atoms with van der Waals surface area (Å²) in [6.45, 7) is 0. The summed E-state index contributed by atoms with van der Waals surface area (Å²) in [6, 6.07) is 6.17. The number of benzene rings is 1. The van der Waals surface area contributed by atoms with Gasteiger partial charge in [0.15, 0.2) is 0 Å². The quantitative estimate of drug-likeness (QED) is 0.794. The van der Waals surface area contributed by atoms with Gasteiger partial charge in [-0.05, 0) is 0 Å². The number of hydrogen-bond donors (Lipinski definition) is 2. The van der Waals surface area contributed by atoms with Gasteiger partial charge in [0.1, 0.15) is 6.16 Å². The second kappa shape index (κ2) is 4.41. The summed E-state index contributed by atoms with van der Waals surface area (Å²) < 4.78 is 37.2. The molecule has 0 amide bonds. The number of hydrogen-bond acceptors (Lipinski definition) is 2. The smallest absolute Gasteiger partial charge is 0.324 e. The highest BCUT2D eigenvalue weighted by Crippen LogP contribution is 2.39. The molecule has 0 spiro atoms. The Morgan fingerprint density at radius 1 is 1.25 bits per heavy atom. The Labute approximate surface area is 90.1 Å². The van der Waals surface area contributed by atoms with Gasteiger partial charge in [0.25, 0.3) is 0 Å². The maximum atomic E-state index is 13.4. The number of halogens is 2. The Balaban J connectivity index is 2.95. The zero-order valence-electron chi connectivity index (χ0n) is 8.01. The molecule has 0 heterocycles. The van der Waals surface area contributed by atoms with Crippen LogP contribution in [0.2, 0.25) is 0 Å². The van der Waals surface area contributed by atoms with Gasteiger partial charge in [0.05, 0.1) is 0 Å². The van der Waals surface area contributed by atoms with Gasteiger partial charge < -0.3 is 9.79 Å². The number of Topliss-reactive ketones (excluding diaryl/α,β-unsaturated/α-hetero) is 1. The standard InChI is InChI=1S/C9H9F2O4P/c10-9(11,7-4-2-1-3-5-7)8(12)6-16(13,14)15/h1-5H,6H2,(H2,13,14,15). The molecule has 0 atom stereocenters. The first-order valence-electron chi connectivity index (χ1n) is 4.25. The van der Waals surface area contributed by atoms with Crippen LogP contribution in [0.5, 0.6) is 0 Å².